The Morgan fingerprint density at radius 1 is 1.19 bits per heavy atom. The third-order valence-electron chi connectivity index (χ3n) is 4.53. The molecule has 0 heterocycles. The van der Waals surface area contributed by atoms with E-state index in [-0.39, 0.29) is 24.4 Å². The van der Waals surface area contributed by atoms with Gasteiger partial charge in [-0.1, -0.05) is 24.3 Å². The lowest BCUT2D eigenvalue weighted by Crippen LogP contribution is -2.39. The van der Waals surface area contributed by atoms with Crippen LogP contribution in [0.3, 0.4) is 0 Å². The van der Waals surface area contributed by atoms with Gasteiger partial charge in [-0.25, -0.2) is 9.18 Å². The van der Waals surface area contributed by atoms with Crippen molar-refractivity contribution < 1.29 is 23.5 Å². The molecule has 0 aromatic heterocycles. The fraction of sp³-hybridized carbons (Fsp3) is 0.333. The quantitative estimate of drug-likeness (QED) is 0.791. The van der Waals surface area contributed by atoms with Gasteiger partial charge < -0.3 is 14.8 Å². The molecular weight excluding hydrogens is 349 g/mol. The third-order valence-corrected chi connectivity index (χ3v) is 4.53. The first-order chi connectivity index (χ1) is 13.0. The number of hydrogen-bond acceptors (Lipinski definition) is 4. The number of benzene rings is 2. The van der Waals surface area contributed by atoms with Crippen molar-refractivity contribution in [3.8, 4) is 5.75 Å². The largest absolute Gasteiger partial charge is 0.482 e. The number of carbonyl (C=O) groups excluding carboxylic acids is 2. The first kappa shape index (κ1) is 18.9. The lowest BCUT2D eigenvalue weighted by Gasteiger charge is -2.27. The van der Waals surface area contributed by atoms with Crippen LogP contribution in [0.5, 0.6) is 5.75 Å². The summed E-state index contributed by atoms with van der Waals surface area (Å²) in [5, 5.41) is 2.96. The SMILES string of the molecule is C[C@@H](OC(=O)COc1ccc(F)cc1)C(=O)N[C@H]1CCCc2ccccc21. The molecule has 1 N–H and O–H groups in total. The van der Waals surface area contributed by atoms with Gasteiger partial charge >= 0.3 is 5.97 Å². The van der Waals surface area contributed by atoms with Crippen molar-refractivity contribution in [2.24, 2.45) is 0 Å². The van der Waals surface area contributed by atoms with Crippen LogP contribution < -0.4 is 10.1 Å². The lowest BCUT2D eigenvalue weighted by atomic mass is 9.87. The summed E-state index contributed by atoms with van der Waals surface area (Å²) in [5.41, 5.74) is 2.36. The van der Waals surface area contributed by atoms with Gasteiger partial charge in [0.1, 0.15) is 11.6 Å². The normalized spacial score (nSPS) is 16.7. The fourth-order valence-electron chi connectivity index (χ4n) is 3.15. The maximum Gasteiger partial charge on any atom is 0.344 e. The molecule has 2 aromatic rings. The highest BCUT2D eigenvalue weighted by Crippen LogP contribution is 2.29. The number of ether oxygens (including phenoxy) is 2. The first-order valence-electron chi connectivity index (χ1n) is 8.99. The maximum absolute atomic E-state index is 12.8. The van der Waals surface area contributed by atoms with Crippen molar-refractivity contribution in [2.75, 3.05) is 6.61 Å². The molecule has 0 aliphatic heterocycles. The predicted molar refractivity (Wildman–Crippen MR) is 97.7 cm³/mol. The molecule has 0 radical (unpaired) electrons. The topological polar surface area (TPSA) is 64.6 Å². The summed E-state index contributed by atoms with van der Waals surface area (Å²) in [5.74, 6) is -1.04. The van der Waals surface area contributed by atoms with Crippen LogP contribution in [0.4, 0.5) is 4.39 Å². The maximum atomic E-state index is 12.8. The summed E-state index contributed by atoms with van der Waals surface area (Å²) >= 11 is 0. The number of amides is 1. The second-order valence-corrected chi connectivity index (χ2v) is 6.53. The Morgan fingerprint density at radius 3 is 2.70 bits per heavy atom. The van der Waals surface area contributed by atoms with Crippen molar-refractivity contribution in [1.82, 2.24) is 5.32 Å². The standard InChI is InChI=1S/C21H22FNO4/c1-14(27-20(24)13-26-17-11-9-16(22)10-12-17)21(25)23-19-8-4-6-15-5-2-3-7-18(15)19/h2-3,5,7,9-12,14,19H,4,6,8,13H2,1H3,(H,23,25)/t14-,19+/m1/s1. The van der Waals surface area contributed by atoms with Gasteiger partial charge in [-0.3, -0.25) is 4.79 Å². The van der Waals surface area contributed by atoms with E-state index in [2.05, 4.69) is 11.4 Å². The van der Waals surface area contributed by atoms with Crippen LogP contribution in [-0.4, -0.2) is 24.6 Å². The van der Waals surface area contributed by atoms with Crippen LogP contribution in [0.15, 0.2) is 48.5 Å². The zero-order valence-corrected chi connectivity index (χ0v) is 15.1. The average Bonchev–Trinajstić information content (AvgIpc) is 2.68. The van der Waals surface area contributed by atoms with Crippen LogP contribution in [0.1, 0.15) is 36.9 Å². The second-order valence-electron chi connectivity index (χ2n) is 6.53. The number of hydrogen-bond donors (Lipinski definition) is 1. The molecule has 0 fully saturated rings. The zero-order valence-electron chi connectivity index (χ0n) is 15.1. The number of carbonyl (C=O) groups is 2. The van der Waals surface area contributed by atoms with E-state index < -0.39 is 12.1 Å². The van der Waals surface area contributed by atoms with Crippen LogP contribution in [0.2, 0.25) is 0 Å². The van der Waals surface area contributed by atoms with Gasteiger partial charge in [0.2, 0.25) is 0 Å². The highest BCUT2D eigenvalue weighted by molar-refractivity contribution is 5.84. The van der Waals surface area contributed by atoms with Gasteiger partial charge in [0.05, 0.1) is 6.04 Å². The summed E-state index contributed by atoms with van der Waals surface area (Å²) in [7, 11) is 0. The van der Waals surface area contributed by atoms with Gasteiger partial charge in [-0.2, -0.15) is 0 Å². The molecule has 142 valence electrons. The average molecular weight is 371 g/mol. The summed E-state index contributed by atoms with van der Waals surface area (Å²) < 4.78 is 23.2. The van der Waals surface area contributed by atoms with Gasteiger partial charge in [0.25, 0.3) is 5.91 Å². The van der Waals surface area contributed by atoms with Crippen molar-refractivity contribution in [1.29, 1.82) is 0 Å². The molecule has 2 aromatic carbocycles. The van der Waals surface area contributed by atoms with Gasteiger partial charge in [0, 0.05) is 0 Å². The summed E-state index contributed by atoms with van der Waals surface area (Å²) in [4.78, 5) is 24.3. The van der Waals surface area contributed by atoms with E-state index in [1.165, 1.54) is 36.8 Å². The highest BCUT2D eigenvalue weighted by Gasteiger charge is 2.25. The zero-order chi connectivity index (χ0) is 19.2. The molecule has 0 unspecified atom stereocenters. The smallest absolute Gasteiger partial charge is 0.344 e. The first-order valence-corrected chi connectivity index (χ1v) is 8.99. The number of rotatable bonds is 6. The Labute approximate surface area is 157 Å². The van der Waals surface area contributed by atoms with Crippen molar-refractivity contribution in [3.63, 3.8) is 0 Å². The Balaban J connectivity index is 1.49. The summed E-state index contributed by atoms with van der Waals surface area (Å²) in [6.45, 7) is 1.18. The fourth-order valence-corrected chi connectivity index (χ4v) is 3.15. The van der Waals surface area contributed by atoms with Crippen LogP contribution >= 0.6 is 0 Å². The minimum Gasteiger partial charge on any atom is -0.482 e. The van der Waals surface area contributed by atoms with Crippen LogP contribution in [0.25, 0.3) is 0 Å². The lowest BCUT2D eigenvalue weighted by molar-refractivity contribution is -0.156. The molecule has 3 rings (SSSR count). The number of halogens is 1. The third kappa shape index (κ3) is 5.06. The Bertz CT molecular complexity index is 806. The second kappa shape index (κ2) is 8.66. The van der Waals surface area contributed by atoms with E-state index in [1.807, 2.05) is 18.2 Å². The molecule has 1 amide bonds. The van der Waals surface area contributed by atoms with Crippen LogP contribution in [-0.2, 0) is 20.7 Å². The molecule has 27 heavy (non-hydrogen) atoms. The molecule has 1 aliphatic rings. The van der Waals surface area contributed by atoms with E-state index >= 15 is 0 Å². The molecule has 5 nitrogen and oxygen atoms in total. The molecule has 1 aliphatic carbocycles. The van der Waals surface area contributed by atoms with E-state index in [0.717, 1.165) is 24.8 Å². The molecule has 0 bridgehead atoms. The molecule has 6 heteroatoms. The van der Waals surface area contributed by atoms with E-state index in [4.69, 9.17) is 9.47 Å². The van der Waals surface area contributed by atoms with Gasteiger partial charge in [-0.15, -0.1) is 0 Å². The van der Waals surface area contributed by atoms with Crippen molar-refractivity contribution >= 4 is 11.9 Å². The van der Waals surface area contributed by atoms with Gasteiger partial charge in [0.15, 0.2) is 12.7 Å². The molecule has 0 saturated heterocycles. The number of esters is 1. The van der Waals surface area contributed by atoms with Gasteiger partial charge in [-0.05, 0) is 61.6 Å². The van der Waals surface area contributed by atoms with E-state index in [9.17, 15) is 14.0 Å². The predicted octanol–water partition coefficient (Wildman–Crippen LogP) is 3.33. The monoisotopic (exact) mass is 371 g/mol. The Morgan fingerprint density at radius 2 is 1.93 bits per heavy atom. The number of nitrogens with one attached hydrogen (secondary N) is 1. The van der Waals surface area contributed by atoms with E-state index in [0.29, 0.717) is 5.75 Å². The summed E-state index contributed by atoms with van der Waals surface area (Å²) in [6.07, 6.45) is 1.94. The molecular formula is C21H22FNO4. The minimum absolute atomic E-state index is 0.0703. The Hall–Kier alpha value is -2.89. The minimum atomic E-state index is -0.927. The number of aryl methyl sites for hydroxylation is 1. The van der Waals surface area contributed by atoms with Crippen LogP contribution in [0, 0.1) is 5.82 Å². The molecule has 0 saturated carbocycles. The number of fused-ring (bicyclic) bond motifs is 1. The van der Waals surface area contributed by atoms with Crippen molar-refractivity contribution in [3.05, 3.63) is 65.5 Å². The van der Waals surface area contributed by atoms with E-state index in [1.54, 1.807) is 0 Å². The molecule has 0 spiro atoms. The molecule has 2 atom stereocenters. The summed E-state index contributed by atoms with van der Waals surface area (Å²) in [6, 6.07) is 13.3. The highest BCUT2D eigenvalue weighted by atomic mass is 19.1. The van der Waals surface area contributed by atoms with Crippen molar-refractivity contribution in [2.45, 2.75) is 38.3 Å². The Kier molecular flexibility index (Phi) is 6.06.